The summed E-state index contributed by atoms with van der Waals surface area (Å²) in [6.45, 7) is 2.11. The van der Waals surface area contributed by atoms with Crippen LogP contribution in [0.15, 0.2) is 73.4 Å². The third-order valence-corrected chi connectivity index (χ3v) is 6.39. The second kappa shape index (κ2) is 9.79. The van der Waals surface area contributed by atoms with Gasteiger partial charge < -0.3 is 15.4 Å². The number of aromatic nitrogens is 7. The minimum absolute atomic E-state index is 0.599. The highest BCUT2D eigenvalue weighted by molar-refractivity contribution is 5.97. The predicted octanol–water partition coefficient (Wildman–Crippen LogP) is 5.55. The first-order valence-corrected chi connectivity index (χ1v) is 12.3. The van der Waals surface area contributed by atoms with E-state index in [0.717, 1.165) is 57.2 Å². The van der Waals surface area contributed by atoms with Gasteiger partial charge in [-0.25, -0.2) is 9.97 Å². The van der Waals surface area contributed by atoms with E-state index >= 15 is 0 Å². The van der Waals surface area contributed by atoms with Crippen molar-refractivity contribution in [1.82, 2.24) is 35.1 Å². The van der Waals surface area contributed by atoms with Crippen LogP contribution in [0.4, 0.5) is 5.69 Å². The lowest BCUT2D eigenvalue weighted by molar-refractivity contribution is 0.190. The van der Waals surface area contributed by atoms with E-state index in [1.54, 1.807) is 18.6 Å². The average Bonchev–Trinajstić information content (AvgIpc) is 3.56. The summed E-state index contributed by atoms with van der Waals surface area (Å²) in [6.07, 6.45) is 11.0. The second-order valence-corrected chi connectivity index (χ2v) is 8.98. The van der Waals surface area contributed by atoms with Gasteiger partial charge in [0.15, 0.2) is 11.5 Å². The molecule has 6 rings (SSSR count). The number of anilines is 1. The van der Waals surface area contributed by atoms with Gasteiger partial charge in [-0.2, -0.15) is 5.10 Å². The lowest BCUT2D eigenvalue weighted by atomic mass is 10.0. The van der Waals surface area contributed by atoms with Crippen LogP contribution in [0.25, 0.3) is 55.8 Å². The molecule has 0 fully saturated rings. The molecule has 0 saturated heterocycles. The van der Waals surface area contributed by atoms with E-state index < -0.39 is 6.23 Å². The number of aliphatic hydroxyl groups is 1. The summed E-state index contributed by atoms with van der Waals surface area (Å²) in [5.41, 5.74) is 7.73. The molecule has 1 aromatic carbocycles. The van der Waals surface area contributed by atoms with E-state index in [4.69, 9.17) is 4.98 Å². The van der Waals surface area contributed by atoms with E-state index in [1.807, 2.05) is 48.8 Å². The summed E-state index contributed by atoms with van der Waals surface area (Å²) in [5, 5.41) is 22.0. The van der Waals surface area contributed by atoms with E-state index in [9.17, 15) is 5.11 Å². The summed E-state index contributed by atoms with van der Waals surface area (Å²) in [4.78, 5) is 21.3. The molecule has 0 bridgehead atoms. The Bertz CT molecular complexity index is 1670. The van der Waals surface area contributed by atoms with Crippen molar-refractivity contribution in [3.63, 3.8) is 0 Å². The molecule has 0 spiro atoms. The first-order chi connectivity index (χ1) is 18.2. The lowest BCUT2D eigenvalue weighted by Gasteiger charge is -2.14. The highest BCUT2D eigenvalue weighted by atomic mass is 16.3. The van der Waals surface area contributed by atoms with Crippen molar-refractivity contribution in [3.8, 4) is 33.8 Å². The number of aliphatic hydroxyl groups excluding tert-OH is 1. The molecule has 5 heterocycles. The second-order valence-electron chi connectivity index (χ2n) is 8.98. The van der Waals surface area contributed by atoms with Crippen molar-refractivity contribution >= 4 is 27.8 Å². The fraction of sp³-hybridized carbons (Fsp3) is 0.179. The van der Waals surface area contributed by atoms with Crippen LogP contribution in [0, 0.1) is 0 Å². The van der Waals surface area contributed by atoms with Gasteiger partial charge in [-0.3, -0.25) is 15.1 Å². The number of unbranched alkanes of at least 4 members (excludes halogenated alkanes) is 1. The average molecular weight is 491 g/mol. The van der Waals surface area contributed by atoms with Gasteiger partial charge >= 0.3 is 0 Å². The maximum Gasteiger partial charge on any atom is 0.178 e. The number of rotatable bonds is 8. The fourth-order valence-corrected chi connectivity index (χ4v) is 4.50. The molecule has 9 heteroatoms. The molecular weight excluding hydrogens is 464 g/mol. The number of hydrogen-bond acceptors (Lipinski definition) is 7. The number of pyridine rings is 3. The zero-order chi connectivity index (χ0) is 25.2. The molecule has 37 heavy (non-hydrogen) atoms. The first-order valence-electron chi connectivity index (χ1n) is 12.3. The minimum atomic E-state index is -0.599. The Morgan fingerprint density at radius 3 is 2.76 bits per heavy atom. The van der Waals surface area contributed by atoms with Crippen LogP contribution < -0.4 is 5.32 Å². The van der Waals surface area contributed by atoms with Gasteiger partial charge in [-0.1, -0.05) is 25.5 Å². The molecule has 0 amide bonds. The Labute approximate surface area is 213 Å². The van der Waals surface area contributed by atoms with Gasteiger partial charge in [0.2, 0.25) is 0 Å². The van der Waals surface area contributed by atoms with Crippen molar-refractivity contribution in [1.29, 1.82) is 0 Å². The van der Waals surface area contributed by atoms with Gasteiger partial charge in [0, 0.05) is 46.9 Å². The smallest absolute Gasteiger partial charge is 0.178 e. The molecule has 0 saturated carbocycles. The van der Waals surface area contributed by atoms with Crippen molar-refractivity contribution in [2.75, 3.05) is 5.32 Å². The van der Waals surface area contributed by atoms with Gasteiger partial charge in [0.1, 0.15) is 11.9 Å². The van der Waals surface area contributed by atoms with Crippen LogP contribution in [0.3, 0.4) is 0 Å². The summed E-state index contributed by atoms with van der Waals surface area (Å²) in [5.74, 6) is 0.634. The molecule has 1 unspecified atom stereocenters. The van der Waals surface area contributed by atoms with E-state index in [2.05, 4.69) is 48.4 Å². The van der Waals surface area contributed by atoms with Crippen molar-refractivity contribution < 1.29 is 5.11 Å². The Kier molecular flexibility index (Phi) is 6.03. The number of H-pyrrole nitrogens is 2. The number of fused-ring (bicyclic) bond motifs is 2. The molecule has 4 N–H and O–H groups in total. The van der Waals surface area contributed by atoms with Gasteiger partial charge in [-0.15, -0.1) is 0 Å². The molecule has 1 atom stereocenters. The number of imidazole rings is 1. The Hall–Kier alpha value is -4.63. The molecule has 5 aromatic heterocycles. The van der Waals surface area contributed by atoms with Crippen LogP contribution in [0.2, 0.25) is 0 Å². The maximum atomic E-state index is 10.3. The standard InChI is InChI=1S/C28H26N8O/c1-2-3-6-24(37)32-20-12-19(15-30-16-20)17-7-8-23-22(13-17)26(36-35-23)28-33-25-21(9-11-31-27(25)34-28)18-5-4-10-29-14-18/h4-5,7-16,24,32,37H,2-3,6H2,1H3,(H,35,36)(H,31,33,34). The van der Waals surface area contributed by atoms with Crippen LogP contribution in [-0.2, 0) is 0 Å². The molecular formula is C28H26N8O. The fourth-order valence-electron chi connectivity index (χ4n) is 4.50. The molecule has 184 valence electrons. The van der Waals surface area contributed by atoms with Crippen molar-refractivity contribution in [3.05, 3.63) is 73.4 Å². The van der Waals surface area contributed by atoms with Crippen LogP contribution in [0.5, 0.6) is 0 Å². The number of nitrogens with one attached hydrogen (secondary N) is 3. The Morgan fingerprint density at radius 2 is 1.89 bits per heavy atom. The Morgan fingerprint density at radius 1 is 0.973 bits per heavy atom. The summed E-state index contributed by atoms with van der Waals surface area (Å²) in [7, 11) is 0. The highest BCUT2D eigenvalue weighted by Gasteiger charge is 2.16. The summed E-state index contributed by atoms with van der Waals surface area (Å²) in [6, 6.07) is 14.0. The molecule has 0 radical (unpaired) electrons. The molecule has 0 aliphatic heterocycles. The first kappa shape index (κ1) is 22.8. The van der Waals surface area contributed by atoms with Gasteiger partial charge in [0.25, 0.3) is 0 Å². The lowest BCUT2D eigenvalue weighted by Crippen LogP contribution is -2.18. The Balaban J connectivity index is 1.37. The predicted molar refractivity (Wildman–Crippen MR) is 145 cm³/mol. The zero-order valence-corrected chi connectivity index (χ0v) is 20.3. The number of nitrogens with zero attached hydrogens (tertiary/aromatic N) is 5. The SMILES string of the molecule is CCCCC(O)Nc1cncc(-c2ccc3[nH]nc(-c4nc5nccc(-c6cccnc6)c5[nH]4)c3c2)c1. The van der Waals surface area contributed by atoms with Crippen LogP contribution in [-0.4, -0.2) is 46.5 Å². The van der Waals surface area contributed by atoms with Gasteiger partial charge in [-0.05, 0) is 48.7 Å². The maximum absolute atomic E-state index is 10.3. The molecule has 0 aliphatic carbocycles. The highest BCUT2D eigenvalue weighted by Crippen LogP contribution is 2.32. The number of hydrogen-bond donors (Lipinski definition) is 4. The van der Waals surface area contributed by atoms with E-state index in [-0.39, 0.29) is 0 Å². The number of benzene rings is 1. The van der Waals surface area contributed by atoms with Gasteiger partial charge in [0.05, 0.1) is 22.9 Å². The van der Waals surface area contributed by atoms with Crippen molar-refractivity contribution in [2.24, 2.45) is 0 Å². The van der Waals surface area contributed by atoms with Crippen LogP contribution >= 0.6 is 0 Å². The third-order valence-electron chi connectivity index (χ3n) is 6.39. The molecule has 0 aliphatic rings. The number of aromatic amines is 2. The topological polar surface area (TPSA) is 128 Å². The molecule has 9 nitrogen and oxygen atoms in total. The monoisotopic (exact) mass is 490 g/mol. The zero-order valence-electron chi connectivity index (χ0n) is 20.3. The van der Waals surface area contributed by atoms with E-state index in [0.29, 0.717) is 23.6 Å². The van der Waals surface area contributed by atoms with Crippen LogP contribution in [0.1, 0.15) is 26.2 Å². The third kappa shape index (κ3) is 4.52. The largest absolute Gasteiger partial charge is 0.374 e. The quantitative estimate of drug-likeness (QED) is 0.206. The summed E-state index contributed by atoms with van der Waals surface area (Å²) < 4.78 is 0. The summed E-state index contributed by atoms with van der Waals surface area (Å²) >= 11 is 0. The van der Waals surface area contributed by atoms with Crippen molar-refractivity contribution in [2.45, 2.75) is 32.4 Å². The minimum Gasteiger partial charge on any atom is -0.374 e. The molecule has 6 aromatic rings. The van der Waals surface area contributed by atoms with E-state index in [1.165, 1.54) is 0 Å². The normalized spacial score (nSPS) is 12.3.